The fourth-order valence-corrected chi connectivity index (χ4v) is 3.89. The van der Waals surface area contributed by atoms with E-state index in [1.807, 2.05) is 0 Å². The van der Waals surface area contributed by atoms with Crippen molar-refractivity contribution in [1.82, 2.24) is 0 Å². The van der Waals surface area contributed by atoms with E-state index in [1.54, 1.807) is 6.92 Å². The Labute approximate surface area is 172 Å². The number of carboxylic acids is 2. The van der Waals surface area contributed by atoms with E-state index < -0.39 is 72.6 Å². The van der Waals surface area contributed by atoms with Gasteiger partial charge in [-0.2, -0.15) is 0 Å². The first kappa shape index (κ1) is 24.9. The lowest BCUT2D eigenvalue weighted by Gasteiger charge is -2.42. The van der Waals surface area contributed by atoms with E-state index in [9.17, 15) is 40.2 Å². The molecule has 6 N–H and O–H groups in total. The summed E-state index contributed by atoms with van der Waals surface area (Å²) in [6.45, 7) is 0.780. The van der Waals surface area contributed by atoms with Gasteiger partial charge in [0.25, 0.3) is 0 Å². The minimum Gasteiger partial charge on any atom is -0.479 e. The van der Waals surface area contributed by atoms with Crippen molar-refractivity contribution < 1.29 is 59.2 Å². The summed E-state index contributed by atoms with van der Waals surface area (Å²) in [4.78, 5) is 23.0. The molecule has 0 aromatic carbocycles. The highest BCUT2D eigenvalue weighted by Crippen LogP contribution is 2.30. The number of rotatable bonds is 9. The maximum atomic E-state index is 11.5. The zero-order valence-corrected chi connectivity index (χ0v) is 16.7. The van der Waals surface area contributed by atoms with Crippen LogP contribution < -0.4 is 0 Å². The maximum absolute atomic E-state index is 11.5. The Balaban J connectivity index is 2.02. The van der Waals surface area contributed by atoms with Crippen LogP contribution in [0.2, 0.25) is 0 Å². The van der Waals surface area contributed by atoms with E-state index in [4.69, 9.17) is 18.9 Å². The van der Waals surface area contributed by atoms with Crippen LogP contribution in [0.3, 0.4) is 0 Å². The van der Waals surface area contributed by atoms with Crippen LogP contribution in [0.5, 0.6) is 0 Å². The van der Waals surface area contributed by atoms with Gasteiger partial charge < -0.3 is 49.6 Å². The van der Waals surface area contributed by atoms with Gasteiger partial charge in [-0.3, -0.25) is 0 Å². The molecule has 0 aromatic rings. The number of aliphatic hydroxyl groups excluding tert-OH is 4. The van der Waals surface area contributed by atoms with Gasteiger partial charge in [0.2, 0.25) is 0 Å². The summed E-state index contributed by atoms with van der Waals surface area (Å²) in [6, 6.07) is 0. The van der Waals surface area contributed by atoms with Gasteiger partial charge in [0.1, 0.15) is 18.3 Å². The van der Waals surface area contributed by atoms with Gasteiger partial charge in [0.15, 0.2) is 12.2 Å². The van der Waals surface area contributed by atoms with Crippen molar-refractivity contribution in [3.63, 3.8) is 0 Å². The molecule has 0 radical (unpaired) electrons. The molecule has 10 unspecified atom stereocenters. The summed E-state index contributed by atoms with van der Waals surface area (Å²) in [5.41, 5.74) is 0. The zero-order valence-electron chi connectivity index (χ0n) is 16.7. The highest BCUT2D eigenvalue weighted by molar-refractivity contribution is 5.73. The first-order valence-corrected chi connectivity index (χ1v) is 9.69. The normalized spacial score (nSPS) is 42.1. The largest absolute Gasteiger partial charge is 0.479 e. The average Bonchev–Trinajstić information content (AvgIpc) is 2.69. The molecule has 2 rings (SSSR count). The van der Waals surface area contributed by atoms with Crippen LogP contribution in [-0.4, -0.2) is 118 Å². The quantitative estimate of drug-likeness (QED) is 0.221. The topological polar surface area (TPSA) is 192 Å². The van der Waals surface area contributed by atoms with Gasteiger partial charge in [-0.1, -0.05) is 6.92 Å². The Bertz CT molecular complexity index is 586. The molecule has 0 bridgehead atoms. The van der Waals surface area contributed by atoms with Crippen LogP contribution in [0.1, 0.15) is 13.3 Å². The Morgan fingerprint density at radius 1 is 0.767 bits per heavy atom. The molecule has 0 aromatic heterocycles. The molecule has 12 heteroatoms. The Kier molecular flexibility index (Phi) is 8.94. The molecule has 0 saturated carbocycles. The molecule has 2 fully saturated rings. The predicted octanol–water partition coefficient (Wildman–Crippen LogP) is -2.56. The fourth-order valence-electron chi connectivity index (χ4n) is 3.89. The molecule has 12 nitrogen and oxygen atoms in total. The van der Waals surface area contributed by atoms with Crippen molar-refractivity contribution in [2.45, 2.75) is 62.2 Å². The number of hydrogen-bond donors (Lipinski definition) is 6. The first-order valence-electron chi connectivity index (χ1n) is 9.69. The third kappa shape index (κ3) is 5.26. The van der Waals surface area contributed by atoms with E-state index in [2.05, 4.69) is 0 Å². The van der Waals surface area contributed by atoms with Crippen LogP contribution in [-0.2, 0) is 28.5 Å². The van der Waals surface area contributed by atoms with E-state index in [-0.39, 0.29) is 19.8 Å². The van der Waals surface area contributed by atoms with E-state index in [0.29, 0.717) is 6.42 Å². The summed E-state index contributed by atoms with van der Waals surface area (Å²) in [5, 5.41) is 59.7. The number of ether oxygens (including phenoxy) is 4. The minimum absolute atomic E-state index is 0.148. The molecule has 2 saturated heterocycles. The number of carboxylic acid groups (broad SMARTS) is 2. The van der Waals surface area contributed by atoms with E-state index >= 15 is 0 Å². The Hall–Kier alpha value is -1.38. The average molecular weight is 438 g/mol. The molecule has 0 aliphatic carbocycles. The standard InChI is InChI=1S/C18H30O12/c1-3-9-13(21)12(20)8(16(29-9)18(25)26)5-28-6-10-14(22)11(19)7(4-27-2)15(30-10)17(23)24/h7-16,19-22H,3-6H2,1-2H3,(H,23,24)(H,25,26). The van der Waals surface area contributed by atoms with Crippen LogP contribution in [0, 0.1) is 11.8 Å². The monoisotopic (exact) mass is 438 g/mol. The van der Waals surface area contributed by atoms with E-state index in [0.717, 1.165) is 0 Å². The van der Waals surface area contributed by atoms with Crippen LogP contribution in [0.15, 0.2) is 0 Å². The second-order valence-corrected chi connectivity index (χ2v) is 7.56. The van der Waals surface area contributed by atoms with Crippen molar-refractivity contribution >= 4 is 11.9 Å². The van der Waals surface area contributed by atoms with Gasteiger partial charge in [0, 0.05) is 18.9 Å². The lowest BCUT2D eigenvalue weighted by atomic mass is 9.86. The SMILES string of the molecule is CCC1OC(C(=O)O)C(COCC2OC(C(=O)O)C(COC)C(O)C2O)C(O)C1O. The van der Waals surface area contributed by atoms with Crippen molar-refractivity contribution in [1.29, 1.82) is 0 Å². The molecule has 10 atom stereocenters. The van der Waals surface area contributed by atoms with Gasteiger partial charge in [0.05, 0.1) is 38.1 Å². The molecule has 0 amide bonds. The van der Waals surface area contributed by atoms with Crippen molar-refractivity contribution in [2.24, 2.45) is 11.8 Å². The first-order chi connectivity index (χ1) is 14.1. The second-order valence-electron chi connectivity index (χ2n) is 7.56. The third-order valence-electron chi connectivity index (χ3n) is 5.60. The summed E-state index contributed by atoms with van der Waals surface area (Å²) in [7, 11) is 1.32. The molecule has 2 aliphatic rings. The number of aliphatic hydroxyl groups is 4. The summed E-state index contributed by atoms with van der Waals surface area (Å²) in [6.07, 6.45) is -10.3. The smallest absolute Gasteiger partial charge is 0.333 e. The Morgan fingerprint density at radius 3 is 1.70 bits per heavy atom. The lowest BCUT2D eigenvalue weighted by Crippen LogP contribution is -2.60. The van der Waals surface area contributed by atoms with Gasteiger partial charge in [-0.05, 0) is 6.42 Å². The summed E-state index contributed by atoms with van der Waals surface area (Å²) < 4.78 is 21.0. The second kappa shape index (κ2) is 10.8. The molecule has 174 valence electrons. The van der Waals surface area contributed by atoms with Gasteiger partial charge >= 0.3 is 11.9 Å². The third-order valence-corrected chi connectivity index (χ3v) is 5.60. The minimum atomic E-state index is -1.47. The molecule has 2 aliphatic heterocycles. The van der Waals surface area contributed by atoms with Crippen LogP contribution in [0.25, 0.3) is 0 Å². The molecule has 30 heavy (non-hydrogen) atoms. The summed E-state index contributed by atoms with van der Waals surface area (Å²) in [5.74, 6) is -4.78. The number of carbonyl (C=O) groups is 2. The fraction of sp³-hybridized carbons (Fsp3) is 0.889. The number of aliphatic carboxylic acids is 2. The van der Waals surface area contributed by atoms with Crippen LogP contribution >= 0.6 is 0 Å². The van der Waals surface area contributed by atoms with Gasteiger partial charge in [-0.25, -0.2) is 9.59 Å². The highest BCUT2D eigenvalue weighted by Gasteiger charge is 2.49. The number of methoxy groups -OCH3 is 1. The number of hydrogen-bond acceptors (Lipinski definition) is 10. The Morgan fingerprint density at radius 2 is 1.23 bits per heavy atom. The molecular weight excluding hydrogens is 408 g/mol. The van der Waals surface area contributed by atoms with E-state index in [1.165, 1.54) is 7.11 Å². The predicted molar refractivity (Wildman–Crippen MR) is 96.6 cm³/mol. The molecule has 2 heterocycles. The van der Waals surface area contributed by atoms with Crippen molar-refractivity contribution in [3.05, 3.63) is 0 Å². The van der Waals surface area contributed by atoms with Crippen LogP contribution in [0.4, 0.5) is 0 Å². The highest BCUT2D eigenvalue weighted by atomic mass is 16.6. The van der Waals surface area contributed by atoms with Crippen molar-refractivity contribution in [2.75, 3.05) is 26.9 Å². The van der Waals surface area contributed by atoms with Gasteiger partial charge in [-0.15, -0.1) is 0 Å². The summed E-state index contributed by atoms with van der Waals surface area (Å²) >= 11 is 0. The molecule has 0 spiro atoms. The van der Waals surface area contributed by atoms with Crippen molar-refractivity contribution in [3.8, 4) is 0 Å². The molecular formula is C18H30O12. The lowest BCUT2D eigenvalue weighted by molar-refractivity contribution is -0.236. The maximum Gasteiger partial charge on any atom is 0.333 e. The zero-order chi connectivity index (χ0) is 22.6.